The maximum absolute atomic E-state index is 13.4. The van der Waals surface area contributed by atoms with E-state index in [0.717, 1.165) is 51.5 Å². The number of nitrogens with one attached hydrogen (secondary N) is 2. The molecule has 2 aliphatic rings. The van der Waals surface area contributed by atoms with E-state index in [9.17, 15) is 19.3 Å². The fourth-order valence-electron chi connectivity index (χ4n) is 4.25. The Morgan fingerprint density at radius 1 is 1.29 bits per heavy atom. The van der Waals surface area contributed by atoms with Gasteiger partial charge in [-0.25, -0.2) is 4.39 Å². The molecular formula is C26H33FN4O3. The fourth-order valence-corrected chi connectivity index (χ4v) is 4.25. The molecule has 1 aromatic rings. The van der Waals surface area contributed by atoms with E-state index < -0.39 is 4.92 Å². The first-order valence-corrected chi connectivity index (χ1v) is 11.8. The van der Waals surface area contributed by atoms with Crippen LogP contribution >= 0.6 is 0 Å². The van der Waals surface area contributed by atoms with Crippen LogP contribution in [0.3, 0.4) is 0 Å². The Labute approximate surface area is 200 Å². The van der Waals surface area contributed by atoms with Gasteiger partial charge in [0.15, 0.2) is 11.6 Å². The van der Waals surface area contributed by atoms with Crippen LogP contribution in [0, 0.1) is 16.0 Å². The number of likely N-dealkylation sites (tertiary alicyclic amines) is 1. The van der Waals surface area contributed by atoms with Crippen molar-refractivity contribution in [3.05, 3.63) is 87.7 Å². The van der Waals surface area contributed by atoms with Crippen molar-refractivity contribution in [2.45, 2.75) is 39.0 Å². The molecule has 1 aromatic carbocycles. The predicted molar refractivity (Wildman–Crippen MR) is 133 cm³/mol. The van der Waals surface area contributed by atoms with Crippen molar-refractivity contribution < 1.29 is 14.1 Å². The minimum atomic E-state index is -0.502. The number of rotatable bonds is 11. The van der Waals surface area contributed by atoms with Crippen molar-refractivity contribution in [2.75, 3.05) is 31.5 Å². The number of halogens is 1. The third kappa shape index (κ3) is 8.59. The lowest BCUT2D eigenvalue weighted by molar-refractivity contribution is -0.403. The molecule has 34 heavy (non-hydrogen) atoms. The van der Waals surface area contributed by atoms with E-state index in [1.807, 2.05) is 18.2 Å². The number of Topliss-reactive ketones (excluding diaryl/α,β-unsaturated/α-hetero) is 1. The Morgan fingerprint density at radius 2 is 2.09 bits per heavy atom. The normalized spacial score (nSPS) is 17.5. The number of nitro groups is 1. The number of benzene rings is 1. The molecule has 1 saturated heterocycles. The van der Waals surface area contributed by atoms with Gasteiger partial charge in [0.05, 0.1) is 4.92 Å². The second-order valence-electron chi connectivity index (χ2n) is 8.82. The van der Waals surface area contributed by atoms with Crippen molar-refractivity contribution in [3.63, 3.8) is 0 Å². The monoisotopic (exact) mass is 468 g/mol. The van der Waals surface area contributed by atoms with E-state index in [0.29, 0.717) is 36.0 Å². The molecule has 0 aromatic heterocycles. The molecule has 1 aliphatic carbocycles. The maximum Gasteiger partial charge on any atom is 0.274 e. The first kappa shape index (κ1) is 25.4. The van der Waals surface area contributed by atoms with Crippen LogP contribution in [0.1, 0.15) is 49.4 Å². The molecule has 0 saturated carbocycles. The number of anilines is 1. The highest BCUT2D eigenvalue weighted by atomic mass is 19.1. The number of piperidine rings is 1. The highest BCUT2D eigenvalue weighted by Crippen LogP contribution is 2.26. The molecule has 0 amide bonds. The fraction of sp³-hybridized carbons (Fsp3) is 0.423. The van der Waals surface area contributed by atoms with Crippen molar-refractivity contribution in [3.8, 4) is 0 Å². The summed E-state index contributed by atoms with van der Waals surface area (Å²) in [5, 5.41) is 17.1. The number of allylic oxidation sites excluding steroid dienone is 6. The molecule has 1 heterocycles. The Hall–Kier alpha value is -3.26. The molecule has 7 nitrogen and oxygen atoms in total. The molecule has 0 bridgehead atoms. The van der Waals surface area contributed by atoms with Gasteiger partial charge in [-0.3, -0.25) is 14.9 Å². The predicted octanol–water partition coefficient (Wildman–Crippen LogP) is 5.20. The van der Waals surface area contributed by atoms with E-state index in [1.54, 1.807) is 30.3 Å². The number of ketones is 1. The Kier molecular flexibility index (Phi) is 9.58. The molecule has 2 N–H and O–H groups in total. The summed E-state index contributed by atoms with van der Waals surface area (Å²) in [5.41, 5.74) is 2.36. The summed E-state index contributed by atoms with van der Waals surface area (Å²) in [6, 6.07) is 6.89. The Balaban J connectivity index is 1.40. The standard InChI is InChI=1S/C26H33FN4O3/c1-20(32)23-6-3-8-25(18-23)29-26(19-31(33)34)28-13-4-14-30-15-11-22(12-16-30)17-21-5-2-7-24(27)10-9-21/h2-3,5-6,8-10,18-19,22,28-29H,4,7,11-17H2,1H3/b26-19+. The summed E-state index contributed by atoms with van der Waals surface area (Å²) in [7, 11) is 0. The highest BCUT2D eigenvalue weighted by molar-refractivity contribution is 5.94. The summed E-state index contributed by atoms with van der Waals surface area (Å²) in [6.07, 6.45) is 12.8. The van der Waals surface area contributed by atoms with Crippen molar-refractivity contribution in [1.29, 1.82) is 0 Å². The van der Waals surface area contributed by atoms with E-state index in [4.69, 9.17) is 0 Å². The van der Waals surface area contributed by atoms with E-state index in [-0.39, 0.29) is 11.6 Å². The van der Waals surface area contributed by atoms with Gasteiger partial charge in [0.25, 0.3) is 6.20 Å². The number of carbonyl (C=O) groups is 1. The highest BCUT2D eigenvalue weighted by Gasteiger charge is 2.19. The largest absolute Gasteiger partial charge is 0.366 e. The van der Waals surface area contributed by atoms with Gasteiger partial charge in [-0.15, -0.1) is 0 Å². The topological polar surface area (TPSA) is 87.5 Å². The molecule has 1 fully saturated rings. The molecule has 0 radical (unpaired) electrons. The van der Waals surface area contributed by atoms with Gasteiger partial charge in [-0.1, -0.05) is 30.4 Å². The number of hydrogen-bond acceptors (Lipinski definition) is 6. The van der Waals surface area contributed by atoms with Gasteiger partial charge in [-0.05, 0) is 81.9 Å². The molecule has 0 unspecified atom stereocenters. The number of nitrogens with zero attached hydrogens (tertiary/aromatic N) is 2. The first-order valence-electron chi connectivity index (χ1n) is 11.8. The van der Waals surface area contributed by atoms with E-state index in [1.165, 1.54) is 12.5 Å². The van der Waals surface area contributed by atoms with Crippen LogP contribution in [0.15, 0.2) is 72.0 Å². The summed E-state index contributed by atoms with van der Waals surface area (Å²) in [5.74, 6) is 0.753. The second-order valence-corrected chi connectivity index (χ2v) is 8.82. The zero-order chi connectivity index (χ0) is 24.3. The third-order valence-corrected chi connectivity index (χ3v) is 6.10. The lowest BCUT2D eigenvalue weighted by Gasteiger charge is -2.32. The Morgan fingerprint density at radius 3 is 2.82 bits per heavy atom. The average Bonchev–Trinajstić information content (AvgIpc) is 3.01. The zero-order valence-corrected chi connectivity index (χ0v) is 19.6. The van der Waals surface area contributed by atoms with Crippen LogP contribution in [-0.4, -0.2) is 41.8 Å². The summed E-state index contributed by atoms with van der Waals surface area (Å²) in [6.45, 7) is 5.05. The van der Waals surface area contributed by atoms with Crippen LogP contribution < -0.4 is 10.6 Å². The lowest BCUT2D eigenvalue weighted by Crippen LogP contribution is -2.35. The summed E-state index contributed by atoms with van der Waals surface area (Å²) < 4.78 is 13.4. The van der Waals surface area contributed by atoms with Gasteiger partial charge in [-0.2, -0.15) is 0 Å². The number of carbonyl (C=O) groups excluding carboxylic acids is 1. The van der Waals surface area contributed by atoms with Crippen molar-refractivity contribution in [1.82, 2.24) is 10.2 Å². The molecular weight excluding hydrogens is 435 g/mol. The molecule has 3 rings (SSSR count). The smallest absolute Gasteiger partial charge is 0.274 e. The SMILES string of the molecule is CC(=O)c1cccc(N/C(=C/[N+](=O)[O-])NCCCN2CCC(CC3=CC=C(F)CC=C3)CC2)c1. The van der Waals surface area contributed by atoms with Crippen molar-refractivity contribution >= 4 is 11.5 Å². The van der Waals surface area contributed by atoms with Gasteiger partial charge in [0.1, 0.15) is 5.83 Å². The average molecular weight is 469 g/mol. The quantitative estimate of drug-likeness (QED) is 0.201. The van der Waals surface area contributed by atoms with Crippen LogP contribution in [0.2, 0.25) is 0 Å². The summed E-state index contributed by atoms with van der Waals surface area (Å²) >= 11 is 0. The molecule has 0 spiro atoms. The zero-order valence-electron chi connectivity index (χ0n) is 19.6. The van der Waals surface area contributed by atoms with E-state index >= 15 is 0 Å². The molecule has 8 heteroatoms. The molecule has 1 aliphatic heterocycles. The first-order chi connectivity index (χ1) is 16.4. The molecule has 182 valence electrons. The van der Waals surface area contributed by atoms with Crippen LogP contribution in [-0.2, 0) is 0 Å². The van der Waals surface area contributed by atoms with Crippen molar-refractivity contribution in [2.24, 2.45) is 5.92 Å². The Bertz CT molecular complexity index is 992. The maximum atomic E-state index is 13.4. The van der Waals surface area contributed by atoms with Gasteiger partial charge in [0, 0.05) is 24.2 Å². The number of hydrogen-bond donors (Lipinski definition) is 2. The van der Waals surface area contributed by atoms with E-state index in [2.05, 4.69) is 15.5 Å². The van der Waals surface area contributed by atoms with Crippen LogP contribution in [0.4, 0.5) is 10.1 Å². The lowest BCUT2D eigenvalue weighted by atomic mass is 9.89. The van der Waals surface area contributed by atoms with Gasteiger partial charge >= 0.3 is 0 Å². The van der Waals surface area contributed by atoms with Crippen LogP contribution in [0.5, 0.6) is 0 Å². The minimum Gasteiger partial charge on any atom is -0.366 e. The van der Waals surface area contributed by atoms with Gasteiger partial charge in [0.2, 0.25) is 0 Å². The van der Waals surface area contributed by atoms with Crippen LogP contribution in [0.25, 0.3) is 0 Å². The molecule has 0 atom stereocenters. The van der Waals surface area contributed by atoms with Gasteiger partial charge < -0.3 is 15.5 Å². The summed E-state index contributed by atoms with van der Waals surface area (Å²) in [4.78, 5) is 24.5. The second kappa shape index (κ2) is 12.8. The third-order valence-electron chi connectivity index (χ3n) is 6.10. The minimum absolute atomic E-state index is 0.0617.